The Morgan fingerprint density at radius 1 is 1.26 bits per heavy atom. The molecule has 0 unspecified atom stereocenters. The van der Waals surface area contributed by atoms with E-state index in [9.17, 15) is 19.7 Å². The van der Waals surface area contributed by atoms with Crippen molar-refractivity contribution in [1.82, 2.24) is 5.32 Å². The maximum Gasteiger partial charge on any atom is 0.414 e. The molecule has 1 aliphatic heterocycles. The third kappa shape index (κ3) is 4.72. The van der Waals surface area contributed by atoms with E-state index < -0.39 is 4.92 Å². The fourth-order valence-corrected chi connectivity index (χ4v) is 2.55. The Hall–Kier alpha value is -3.62. The fourth-order valence-electron chi connectivity index (χ4n) is 2.55. The number of amides is 2. The van der Waals surface area contributed by atoms with E-state index in [1.807, 2.05) is 6.07 Å². The van der Waals surface area contributed by atoms with Gasteiger partial charge in [0.25, 0.3) is 11.6 Å². The smallest absolute Gasteiger partial charge is 0.414 e. The van der Waals surface area contributed by atoms with Gasteiger partial charge in [0.15, 0.2) is 6.61 Å². The Bertz CT molecular complexity index is 870. The monoisotopic (exact) mass is 371 g/mol. The molecule has 2 aromatic carbocycles. The molecule has 1 N–H and O–H groups in total. The molecule has 0 saturated carbocycles. The number of hydrogen-bond acceptors (Lipinski definition) is 6. The van der Waals surface area contributed by atoms with Crippen molar-refractivity contribution < 1.29 is 24.0 Å². The summed E-state index contributed by atoms with van der Waals surface area (Å²) in [5.74, 6) is -0.124. The van der Waals surface area contributed by atoms with Gasteiger partial charge in [-0.3, -0.25) is 19.8 Å². The molecular formula is C18H17N3O6. The Morgan fingerprint density at radius 3 is 2.81 bits per heavy atom. The highest BCUT2D eigenvalue weighted by atomic mass is 16.6. The van der Waals surface area contributed by atoms with Crippen molar-refractivity contribution in [2.45, 2.75) is 6.54 Å². The second-order valence-electron chi connectivity index (χ2n) is 5.76. The van der Waals surface area contributed by atoms with Crippen LogP contribution >= 0.6 is 0 Å². The van der Waals surface area contributed by atoms with E-state index >= 15 is 0 Å². The van der Waals surface area contributed by atoms with Crippen LogP contribution in [0.15, 0.2) is 48.5 Å². The van der Waals surface area contributed by atoms with Crippen LogP contribution in [0.5, 0.6) is 5.75 Å². The van der Waals surface area contributed by atoms with Crippen LogP contribution in [0.3, 0.4) is 0 Å². The number of benzene rings is 2. The van der Waals surface area contributed by atoms with E-state index in [2.05, 4.69) is 5.32 Å². The number of ether oxygens (including phenoxy) is 2. The SMILES string of the molecule is O=C(COc1cccc([N+](=O)[O-])c1)NCc1cccc(N2CCOC2=O)c1. The van der Waals surface area contributed by atoms with Gasteiger partial charge in [0.05, 0.1) is 17.5 Å². The van der Waals surface area contributed by atoms with Crippen LogP contribution < -0.4 is 15.0 Å². The Kier molecular flexibility index (Phi) is 5.50. The van der Waals surface area contributed by atoms with Crippen LogP contribution in [0.1, 0.15) is 5.56 Å². The molecule has 2 aromatic rings. The fraction of sp³-hybridized carbons (Fsp3) is 0.222. The topological polar surface area (TPSA) is 111 Å². The van der Waals surface area contributed by atoms with Gasteiger partial charge >= 0.3 is 6.09 Å². The van der Waals surface area contributed by atoms with Crippen molar-refractivity contribution in [3.05, 3.63) is 64.2 Å². The van der Waals surface area contributed by atoms with Crippen LogP contribution in [0.4, 0.5) is 16.2 Å². The largest absolute Gasteiger partial charge is 0.484 e. The van der Waals surface area contributed by atoms with Gasteiger partial charge in [0.1, 0.15) is 12.4 Å². The van der Waals surface area contributed by atoms with Crippen LogP contribution in [-0.2, 0) is 16.1 Å². The van der Waals surface area contributed by atoms with Gasteiger partial charge in [0.2, 0.25) is 0 Å². The molecule has 3 rings (SSSR count). The molecule has 0 aliphatic carbocycles. The minimum atomic E-state index is -0.532. The van der Waals surface area contributed by atoms with Gasteiger partial charge in [-0.1, -0.05) is 18.2 Å². The molecule has 2 amide bonds. The highest BCUT2D eigenvalue weighted by Gasteiger charge is 2.23. The van der Waals surface area contributed by atoms with Crippen LogP contribution in [0, 0.1) is 10.1 Å². The number of carbonyl (C=O) groups is 2. The maximum absolute atomic E-state index is 11.9. The summed E-state index contributed by atoms with van der Waals surface area (Å²) in [5, 5.41) is 13.4. The van der Waals surface area contributed by atoms with Gasteiger partial charge in [-0.25, -0.2) is 4.79 Å². The third-order valence-corrected chi connectivity index (χ3v) is 3.87. The van der Waals surface area contributed by atoms with Gasteiger partial charge in [-0.2, -0.15) is 0 Å². The van der Waals surface area contributed by atoms with Crippen LogP contribution in [0.2, 0.25) is 0 Å². The quantitative estimate of drug-likeness (QED) is 0.590. The lowest BCUT2D eigenvalue weighted by molar-refractivity contribution is -0.384. The molecule has 1 saturated heterocycles. The number of rotatable bonds is 7. The van der Waals surface area contributed by atoms with Gasteiger partial charge in [-0.05, 0) is 23.8 Å². The zero-order valence-electron chi connectivity index (χ0n) is 14.3. The summed E-state index contributed by atoms with van der Waals surface area (Å²) in [6.45, 7) is 0.841. The first-order chi connectivity index (χ1) is 13.0. The second-order valence-corrected chi connectivity index (χ2v) is 5.76. The molecule has 0 aromatic heterocycles. The van der Waals surface area contributed by atoms with Crippen molar-refractivity contribution in [3.63, 3.8) is 0 Å². The first-order valence-electron chi connectivity index (χ1n) is 8.20. The highest BCUT2D eigenvalue weighted by molar-refractivity contribution is 5.89. The van der Waals surface area contributed by atoms with Gasteiger partial charge in [0, 0.05) is 18.3 Å². The number of nitrogens with one attached hydrogen (secondary N) is 1. The first kappa shape index (κ1) is 18.2. The van der Waals surface area contributed by atoms with Crippen molar-refractivity contribution in [2.75, 3.05) is 24.7 Å². The van der Waals surface area contributed by atoms with Crippen molar-refractivity contribution in [2.24, 2.45) is 0 Å². The molecule has 0 radical (unpaired) electrons. The standard InChI is InChI=1S/C18H17N3O6/c22-17(12-27-16-6-2-5-15(10-16)21(24)25)19-11-13-3-1-4-14(9-13)20-7-8-26-18(20)23/h1-6,9-10H,7-8,11-12H2,(H,19,22). The second kappa shape index (κ2) is 8.17. The Morgan fingerprint density at radius 2 is 2.07 bits per heavy atom. The van der Waals surface area contributed by atoms with E-state index in [-0.39, 0.29) is 36.6 Å². The van der Waals surface area contributed by atoms with E-state index in [1.54, 1.807) is 24.3 Å². The lowest BCUT2D eigenvalue weighted by Gasteiger charge is -2.14. The number of non-ortho nitro benzene ring substituents is 1. The molecule has 1 aliphatic rings. The zero-order valence-corrected chi connectivity index (χ0v) is 14.3. The van der Waals surface area contributed by atoms with Gasteiger partial charge < -0.3 is 14.8 Å². The first-order valence-corrected chi connectivity index (χ1v) is 8.20. The number of hydrogen-bond donors (Lipinski definition) is 1. The summed E-state index contributed by atoms with van der Waals surface area (Å²) in [7, 11) is 0. The van der Waals surface area contributed by atoms with Gasteiger partial charge in [-0.15, -0.1) is 0 Å². The van der Waals surface area contributed by atoms with Crippen LogP contribution in [0.25, 0.3) is 0 Å². The predicted molar refractivity (Wildman–Crippen MR) is 95.6 cm³/mol. The molecular weight excluding hydrogens is 354 g/mol. The number of cyclic esters (lactones) is 1. The normalized spacial score (nSPS) is 13.2. The molecule has 9 heteroatoms. The molecule has 0 bridgehead atoms. The molecule has 1 fully saturated rings. The summed E-state index contributed by atoms with van der Waals surface area (Å²) in [6, 6.07) is 12.8. The third-order valence-electron chi connectivity index (χ3n) is 3.87. The van der Waals surface area contributed by atoms with Crippen LogP contribution in [-0.4, -0.2) is 36.7 Å². The molecule has 0 atom stereocenters. The summed E-state index contributed by atoms with van der Waals surface area (Å²) in [5.41, 5.74) is 1.41. The Balaban J connectivity index is 1.51. The van der Waals surface area contributed by atoms with E-state index in [0.717, 1.165) is 5.56 Å². The number of carbonyl (C=O) groups excluding carboxylic acids is 2. The van der Waals surface area contributed by atoms with Crippen molar-refractivity contribution >= 4 is 23.4 Å². The lowest BCUT2D eigenvalue weighted by Crippen LogP contribution is -2.28. The van der Waals surface area contributed by atoms with Crippen molar-refractivity contribution in [3.8, 4) is 5.75 Å². The minimum Gasteiger partial charge on any atom is -0.484 e. The van der Waals surface area contributed by atoms with Crippen molar-refractivity contribution in [1.29, 1.82) is 0 Å². The minimum absolute atomic E-state index is 0.106. The molecule has 9 nitrogen and oxygen atoms in total. The number of nitro benzene ring substituents is 1. The Labute approximate surface area is 154 Å². The number of anilines is 1. The lowest BCUT2D eigenvalue weighted by atomic mass is 10.2. The van der Waals surface area contributed by atoms with E-state index in [1.165, 1.54) is 23.1 Å². The summed E-state index contributed by atoms with van der Waals surface area (Å²) >= 11 is 0. The molecule has 140 valence electrons. The summed E-state index contributed by atoms with van der Waals surface area (Å²) in [4.78, 5) is 35.3. The molecule has 27 heavy (non-hydrogen) atoms. The maximum atomic E-state index is 11.9. The summed E-state index contributed by atoms with van der Waals surface area (Å²) in [6.07, 6.45) is -0.387. The number of nitro groups is 1. The highest BCUT2D eigenvalue weighted by Crippen LogP contribution is 2.20. The number of nitrogens with zero attached hydrogens (tertiary/aromatic N) is 2. The average Bonchev–Trinajstić information content (AvgIpc) is 3.11. The zero-order chi connectivity index (χ0) is 19.2. The predicted octanol–water partition coefficient (Wildman–Crippen LogP) is 2.25. The van der Waals surface area contributed by atoms with E-state index in [0.29, 0.717) is 18.8 Å². The summed E-state index contributed by atoms with van der Waals surface area (Å²) < 4.78 is 10.2. The average molecular weight is 371 g/mol. The van der Waals surface area contributed by atoms with E-state index in [4.69, 9.17) is 9.47 Å². The molecule has 0 spiro atoms. The molecule has 1 heterocycles.